The van der Waals surface area contributed by atoms with E-state index < -0.39 is 18.4 Å². The Labute approximate surface area is 129 Å². The van der Waals surface area contributed by atoms with Gasteiger partial charge in [-0.2, -0.15) is 0 Å². The number of carboxylic acids is 1. The number of hydrogen-bond donors (Lipinski definition) is 2. The second-order valence-corrected chi connectivity index (χ2v) is 6.02. The van der Waals surface area contributed by atoms with E-state index in [9.17, 15) is 13.6 Å². The number of rotatable bonds is 7. The highest BCUT2D eigenvalue weighted by atomic mass is 19.3. The molecule has 1 aromatic carbocycles. The number of nitrogens with one attached hydrogen (secondary N) is 1. The Morgan fingerprint density at radius 3 is 2.36 bits per heavy atom. The van der Waals surface area contributed by atoms with Crippen molar-refractivity contribution in [1.82, 2.24) is 5.32 Å². The predicted octanol–water partition coefficient (Wildman–Crippen LogP) is 3.49. The highest BCUT2D eigenvalue weighted by Gasteiger charge is 2.29. The molecule has 0 saturated heterocycles. The number of aliphatic carboxylic acids is 1. The van der Waals surface area contributed by atoms with E-state index in [1.807, 2.05) is 30.3 Å². The molecule has 1 unspecified atom stereocenters. The molecule has 1 aromatic rings. The first-order valence-corrected chi connectivity index (χ1v) is 7.87. The maximum Gasteiger partial charge on any atom is 0.306 e. The van der Waals surface area contributed by atoms with Gasteiger partial charge in [-0.15, -0.1) is 0 Å². The Bertz CT molecular complexity index is 459. The fraction of sp³-hybridized carbons (Fsp3) is 0.588. The first-order valence-electron chi connectivity index (χ1n) is 7.87. The van der Waals surface area contributed by atoms with Gasteiger partial charge in [0.05, 0.1) is 12.0 Å². The number of carbonyl (C=O) groups is 1. The largest absolute Gasteiger partial charge is 0.481 e. The molecule has 0 bridgehead atoms. The molecule has 0 spiro atoms. The van der Waals surface area contributed by atoms with Gasteiger partial charge in [0.2, 0.25) is 0 Å². The maximum atomic E-state index is 13.2. The van der Waals surface area contributed by atoms with Crippen LogP contribution in [0.1, 0.15) is 37.7 Å². The molecule has 0 radical (unpaired) electrons. The summed E-state index contributed by atoms with van der Waals surface area (Å²) >= 11 is 0. The van der Waals surface area contributed by atoms with Crippen LogP contribution in [0.2, 0.25) is 0 Å². The lowest BCUT2D eigenvalue weighted by atomic mass is 9.85. The van der Waals surface area contributed by atoms with Gasteiger partial charge in [-0.1, -0.05) is 30.3 Å². The van der Waals surface area contributed by atoms with E-state index in [0.29, 0.717) is 38.5 Å². The van der Waals surface area contributed by atoms with Crippen molar-refractivity contribution in [2.45, 2.75) is 57.0 Å². The summed E-state index contributed by atoms with van der Waals surface area (Å²) in [6, 6.07) is 8.80. The highest BCUT2D eigenvalue weighted by molar-refractivity contribution is 5.70. The Morgan fingerprint density at radius 2 is 1.82 bits per heavy atom. The predicted molar refractivity (Wildman–Crippen MR) is 81.1 cm³/mol. The summed E-state index contributed by atoms with van der Waals surface area (Å²) in [5, 5.41) is 12.0. The first-order chi connectivity index (χ1) is 10.6. The summed E-state index contributed by atoms with van der Waals surface area (Å²) in [5.74, 6) is -1.08. The summed E-state index contributed by atoms with van der Waals surface area (Å²) in [4.78, 5) is 10.9. The number of benzene rings is 1. The third-order valence-corrected chi connectivity index (χ3v) is 4.42. The molecule has 122 valence electrons. The molecule has 5 heteroatoms. The quantitative estimate of drug-likeness (QED) is 0.810. The lowest BCUT2D eigenvalue weighted by molar-refractivity contribution is -0.142. The molecule has 0 heterocycles. The van der Waals surface area contributed by atoms with Gasteiger partial charge in [-0.25, -0.2) is 8.78 Å². The summed E-state index contributed by atoms with van der Waals surface area (Å²) in [6.45, 7) is 0. The minimum atomic E-state index is -2.40. The molecule has 0 amide bonds. The summed E-state index contributed by atoms with van der Waals surface area (Å²) in [6.07, 6.45) is 1.06. The molecule has 0 aliphatic heterocycles. The van der Waals surface area contributed by atoms with E-state index in [-0.39, 0.29) is 12.0 Å². The SMILES string of the molecule is O=C(O)C1CCC(NC(CCc2ccccc2)C(F)F)CC1. The molecule has 2 rings (SSSR count). The minimum absolute atomic E-state index is 0.00498. The van der Waals surface area contributed by atoms with Crippen molar-refractivity contribution in [2.75, 3.05) is 0 Å². The highest BCUT2D eigenvalue weighted by Crippen LogP contribution is 2.25. The Hall–Kier alpha value is -1.49. The van der Waals surface area contributed by atoms with Crippen LogP contribution in [-0.2, 0) is 11.2 Å². The smallest absolute Gasteiger partial charge is 0.306 e. The van der Waals surface area contributed by atoms with Crippen molar-refractivity contribution in [3.8, 4) is 0 Å². The zero-order valence-corrected chi connectivity index (χ0v) is 12.6. The van der Waals surface area contributed by atoms with Crippen LogP contribution in [0.4, 0.5) is 8.78 Å². The van der Waals surface area contributed by atoms with Gasteiger partial charge in [0.15, 0.2) is 0 Å². The summed E-state index contributed by atoms with van der Waals surface area (Å²) in [7, 11) is 0. The third-order valence-electron chi connectivity index (χ3n) is 4.42. The number of aryl methyl sites for hydroxylation is 1. The second-order valence-electron chi connectivity index (χ2n) is 6.02. The van der Waals surface area contributed by atoms with Gasteiger partial charge >= 0.3 is 5.97 Å². The van der Waals surface area contributed by atoms with Crippen molar-refractivity contribution >= 4 is 5.97 Å². The van der Waals surface area contributed by atoms with E-state index in [2.05, 4.69) is 5.32 Å². The van der Waals surface area contributed by atoms with E-state index in [1.54, 1.807) is 0 Å². The molecule has 2 N–H and O–H groups in total. The van der Waals surface area contributed by atoms with Crippen molar-refractivity contribution < 1.29 is 18.7 Å². The number of halogens is 2. The number of carboxylic acid groups (broad SMARTS) is 1. The molecule has 1 aliphatic rings. The van der Waals surface area contributed by atoms with Gasteiger partial charge in [0.1, 0.15) is 0 Å². The summed E-state index contributed by atoms with van der Waals surface area (Å²) < 4.78 is 26.4. The Morgan fingerprint density at radius 1 is 1.18 bits per heavy atom. The van der Waals surface area contributed by atoms with E-state index in [1.165, 1.54) is 0 Å². The monoisotopic (exact) mass is 311 g/mol. The molecule has 1 fully saturated rings. The maximum absolute atomic E-state index is 13.2. The fourth-order valence-corrected chi connectivity index (χ4v) is 3.06. The number of alkyl halides is 2. The zero-order chi connectivity index (χ0) is 15.9. The van der Waals surface area contributed by atoms with Crippen molar-refractivity contribution in [3.05, 3.63) is 35.9 Å². The van der Waals surface area contributed by atoms with Crippen LogP contribution in [0.15, 0.2) is 30.3 Å². The number of hydrogen-bond acceptors (Lipinski definition) is 2. The lowest BCUT2D eigenvalue weighted by Crippen LogP contribution is -2.45. The van der Waals surface area contributed by atoms with E-state index in [4.69, 9.17) is 5.11 Å². The molecule has 22 heavy (non-hydrogen) atoms. The fourth-order valence-electron chi connectivity index (χ4n) is 3.06. The Kier molecular flexibility index (Phi) is 6.31. The molecular formula is C17H23F2NO2. The van der Waals surface area contributed by atoms with Gasteiger partial charge in [0.25, 0.3) is 6.43 Å². The van der Waals surface area contributed by atoms with Crippen LogP contribution in [0, 0.1) is 5.92 Å². The van der Waals surface area contributed by atoms with Gasteiger partial charge in [-0.3, -0.25) is 4.79 Å². The van der Waals surface area contributed by atoms with Gasteiger partial charge < -0.3 is 10.4 Å². The van der Waals surface area contributed by atoms with Crippen molar-refractivity contribution in [3.63, 3.8) is 0 Å². The standard InChI is InChI=1S/C17H23F2NO2/c18-16(19)15(11-6-12-4-2-1-3-5-12)20-14-9-7-13(8-10-14)17(21)22/h1-5,13-16,20H,6-11H2,(H,21,22). The molecule has 1 aliphatic carbocycles. The second kappa shape index (κ2) is 8.22. The lowest BCUT2D eigenvalue weighted by Gasteiger charge is -2.30. The van der Waals surface area contributed by atoms with Crippen LogP contribution in [0.5, 0.6) is 0 Å². The zero-order valence-electron chi connectivity index (χ0n) is 12.6. The van der Waals surface area contributed by atoms with Crippen LogP contribution in [0.3, 0.4) is 0 Å². The molecule has 0 aromatic heterocycles. The molecule has 1 saturated carbocycles. The normalized spacial score (nSPS) is 23.4. The third kappa shape index (κ3) is 5.05. The minimum Gasteiger partial charge on any atom is -0.481 e. The molecular weight excluding hydrogens is 288 g/mol. The molecule has 1 atom stereocenters. The van der Waals surface area contributed by atoms with Gasteiger partial charge in [-0.05, 0) is 44.1 Å². The van der Waals surface area contributed by atoms with Crippen molar-refractivity contribution in [2.24, 2.45) is 5.92 Å². The van der Waals surface area contributed by atoms with Crippen LogP contribution in [-0.4, -0.2) is 29.6 Å². The van der Waals surface area contributed by atoms with E-state index in [0.717, 1.165) is 5.56 Å². The van der Waals surface area contributed by atoms with Crippen LogP contribution >= 0.6 is 0 Å². The van der Waals surface area contributed by atoms with Crippen molar-refractivity contribution in [1.29, 1.82) is 0 Å². The first kappa shape index (κ1) is 16.9. The topological polar surface area (TPSA) is 49.3 Å². The summed E-state index contributed by atoms with van der Waals surface area (Å²) in [5.41, 5.74) is 1.06. The van der Waals surface area contributed by atoms with E-state index >= 15 is 0 Å². The average Bonchev–Trinajstić information content (AvgIpc) is 2.52. The van der Waals surface area contributed by atoms with Crippen LogP contribution in [0.25, 0.3) is 0 Å². The van der Waals surface area contributed by atoms with Gasteiger partial charge in [0, 0.05) is 6.04 Å². The molecule has 3 nitrogen and oxygen atoms in total. The van der Waals surface area contributed by atoms with Crippen LogP contribution < -0.4 is 5.32 Å². The average molecular weight is 311 g/mol. The Balaban J connectivity index is 1.81.